The van der Waals surface area contributed by atoms with Crippen LogP contribution in [0, 0.1) is 11.3 Å². The van der Waals surface area contributed by atoms with E-state index >= 15 is 0 Å². The van der Waals surface area contributed by atoms with Gasteiger partial charge in [0.2, 0.25) is 0 Å². The van der Waals surface area contributed by atoms with Crippen LogP contribution in [0.5, 0.6) is 0 Å². The summed E-state index contributed by atoms with van der Waals surface area (Å²) in [5.74, 6) is 0.968. The van der Waals surface area contributed by atoms with Gasteiger partial charge in [0.1, 0.15) is 5.82 Å². The lowest BCUT2D eigenvalue weighted by Gasteiger charge is -2.29. The van der Waals surface area contributed by atoms with Gasteiger partial charge in [0.25, 0.3) is 0 Å². The maximum Gasteiger partial charge on any atom is 0.171 e. The van der Waals surface area contributed by atoms with Gasteiger partial charge in [0, 0.05) is 25.3 Å². The number of halogens is 1. The van der Waals surface area contributed by atoms with Crippen LogP contribution in [0.25, 0.3) is 5.65 Å². The first-order valence-electron chi connectivity index (χ1n) is 6.26. The van der Waals surface area contributed by atoms with E-state index in [9.17, 15) is 5.11 Å². The number of anilines is 1. The molecule has 19 heavy (non-hydrogen) atoms. The van der Waals surface area contributed by atoms with Gasteiger partial charge in [-0.2, -0.15) is 5.10 Å². The summed E-state index contributed by atoms with van der Waals surface area (Å²) in [6, 6.07) is 1.88. The number of aliphatic hydroxyl groups excluding tert-OH is 1. The molecule has 0 aliphatic carbocycles. The summed E-state index contributed by atoms with van der Waals surface area (Å²) in [6.45, 7) is 7.23. The topological polar surface area (TPSA) is 62.5 Å². The quantitative estimate of drug-likeness (QED) is 0.906. The van der Waals surface area contributed by atoms with Crippen LogP contribution in [-0.4, -0.2) is 32.9 Å². The molecule has 0 radical (unpaired) electrons. The zero-order chi connectivity index (χ0) is 14.0. The number of aromatic nitrogens is 3. The third-order valence-electron chi connectivity index (χ3n) is 3.30. The molecule has 0 aromatic carbocycles. The van der Waals surface area contributed by atoms with Gasteiger partial charge in [0.15, 0.2) is 5.65 Å². The van der Waals surface area contributed by atoms with Crippen molar-refractivity contribution in [3.05, 3.63) is 22.9 Å². The second-order valence-electron chi connectivity index (χ2n) is 5.70. The highest BCUT2D eigenvalue weighted by molar-refractivity contribution is 9.10. The van der Waals surface area contributed by atoms with Gasteiger partial charge in [-0.05, 0) is 27.4 Å². The van der Waals surface area contributed by atoms with Crippen LogP contribution in [0.4, 0.5) is 5.82 Å². The van der Waals surface area contributed by atoms with E-state index in [1.165, 1.54) is 0 Å². The van der Waals surface area contributed by atoms with Crippen LogP contribution in [0.15, 0.2) is 22.9 Å². The number of rotatable bonds is 4. The predicted molar refractivity (Wildman–Crippen MR) is 79.2 cm³/mol. The van der Waals surface area contributed by atoms with Gasteiger partial charge in [-0.1, -0.05) is 20.8 Å². The Kier molecular flexibility index (Phi) is 4.10. The molecule has 2 heterocycles. The standard InChI is InChI=1S/C13H19BrN4O/c1-13(2,3)9(8-19)6-15-11-4-5-18-12(17-11)10(14)7-16-18/h4-5,7,9,19H,6,8H2,1-3H3,(H,15,17). The summed E-state index contributed by atoms with van der Waals surface area (Å²) in [4.78, 5) is 4.48. The van der Waals surface area contributed by atoms with Crippen molar-refractivity contribution in [2.45, 2.75) is 20.8 Å². The van der Waals surface area contributed by atoms with Crippen molar-refractivity contribution in [1.82, 2.24) is 14.6 Å². The molecule has 6 heteroatoms. The minimum Gasteiger partial charge on any atom is -0.396 e. The van der Waals surface area contributed by atoms with E-state index in [0.29, 0.717) is 6.54 Å². The Hall–Kier alpha value is -1.14. The Bertz CT molecular complexity index is 561. The highest BCUT2D eigenvalue weighted by atomic mass is 79.9. The number of nitrogens with zero attached hydrogens (tertiary/aromatic N) is 3. The van der Waals surface area contributed by atoms with Gasteiger partial charge in [-0.15, -0.1) is 0 Å². The highest BCUT2D eigenvalue weighted by Gasteiger charge is 2.23. The maximum absolute atomic E-state index is 9.44. The fourth-order valence-corrected chi connectivity index (χ4v) is 2.17. The molecule has 0 amide bonds. The summed E-state index contributed by atoms with van der Waals surface area (Å²) in [5, 5.41) is 16.9. The van der Waals surface area contributed by atoms with E-state index in [-0.39, 0.29) is 17.9 Å². The minimum absolute atomic E-state index is 0.0586. The molecule has 0 spiro atoms. The minimum atomic E-state index is 0.0586. The molecule has 2 aromatic heterocycles. The summed E-state index contributed by atoms with van der Waals surface area (Å²) in [6.07, 6.45) is 3.58. The zero-order valence-electron chi connectivity index (χ0n) is 11.4. The molecule has 0 fully saturated rings. The van der Waals surface area contributed by atoms with Gasteiger partial charge in [-0.3, -0.25) is 0 Å². The number of aliphatic hydroxyl groups is 1. The van der Waals surface area contributed by atoms with Gasteiger partial charge < -0.3 is 10.4 Å². The molecule has 0 aliphatic heterocycles. The Balaban J connectivity index is 2.11. The molecule has 0 saturated heterocycles. The van der Waals surface area contributed by atoms with Gasteiger partial charge >= 0.3 is 0 Å². The lowest BCUT2D eigenvalue weighted by Crippen LogP contribution is -2.30. The van der Waals surface area contributed by atoms with Crippen molar-refractivity contribution in [1.29, 1.82) is 0 Å². The van der Waals surface area contributed by atoms with Crippen LogP contribution in [0.2, 0.25) is 0 Å². The molecule has 2 aromatic rings. The summed E-state index contributed by atoms with van der Waals surface area (Å²) >= 11 is 3.41. The molecular formula is C13H19BrN4O. The molecule has 0 aliphatic rings. The lowest BCUT2D eigenvalue weighted by molar-refractivity contribution is 0.141. The Morgan fingerprint density at radius 3 is 2.84 bits per heavy atom. The highest BCUT2D eigenvalue weighted by Crippen LogP contribution is 2.25. The van der Waals surface area contributed by atoms with E-state index in [1.807, 2.05) is 12.3 Å². The SMILES string of the molecule is CC(C)(C)C(CO)CNc1ccn2ncc(Br)c2n1. The first-order valence-corrected chi connectivity index (χ1v) is 7.05. The molecule has 5 nitrogen and oxygen atoms in total. The van der Waals surface area contributed by atoms with Crippen molar-refractivity contribution >= 4 is 27.4 Å². The van der Waals surface area contributed by atoms with Crippen molar-refractivity contribution in [3.63, 3.8) is 0 Å². The summed E-state index contributed by atoms with van der Waals surface area (Å²) < 4.78 is 2.58. The average molecular weight is 327 g/mol. The molecule has 104 valence electrons. The second kappa shape index (κ2) is 5.46. The Morgan fingerprint density at radius 2 is 2.21 bits per heavy atom. The first kappa shape index (κ1) is 14.3. The van der Waals surface area contributed by atoms with Crippen LogP contribution in [0.3, 0.4) is 0 Å². The first-order chi connectivity index (χ1) is 8.91. The largest absolute Gasteiger partial charge is 0.396 e. The molecule has 1 atom stereocenters. The second-order valence-corrected chi connectivity index (χ2v) is 6.55. The van der Waals surface area contributed by atoms with E-state index in [1.54, 1.807) is 10.7 Å². The van der Waals surface area contributed by atoms with Crippen LogP contribution < -0.4 is 5.32 Å². The van der Waals surface area contributed by atoms with Crippen molar-refractivity contribution in [2.24, 2.45) is 11.3 Å². The van der Waals surface area contributed by atoms with Crippen LogP contribution in [-0.2, 0) is 0 Å². The maximum atomic E-state index is 9.44. The van der Waals surface area contributed by atoms with Crippen LogP contribution >= 0.6 is 15.9 Å². The molecule has 1 unspecified atom stereocenters. The normalized spacial score (nSPS) is 13.7. The number of hydrogen-bond acceptors (Lipinski definition) is 4. The van der Waals surface area contributed by atoms with Gasteiger partial charge in [-0.25, -0.2) is 9.50 Å². The lowest BCUT2D eigenvalue weighted by atomic mass is 9.81. The van der Waals surface area contributed by atoms with Crippen molar-refractivity contribution in [2.75, 3.05) is 18.5 Å². The Morgan fingerprint density at radius 1 is 1.47 bits per heavy atom. The van der Waals surface area contributed by atoms with Crippen molar-refractivity contribution in [3.8, 4) is 0 Å². The van der Waals surface area contributed by atoms with E-state index in [0.717, 1.165) is 15.9 Å². The van der Waals surface area contributed by atoms with E-state index < -0.39 is 0 Å². The molecule has 2 rings (SSSR count). The summed E-state index contributed by atoms with van der Waals surface area (Å²) in [7, 11) is 0. The predicted octanol–water partition coefficient (Wildman–Crippen LogP) is 2.56. The van der Waals surface area contributed by atoms with E-state index in [4.69, 9.17) is 0 Å². The number of hydrogen-bond donors (Lipinski definition) is 2. The monoisotopic (exact) mass is 326 g/mol. The third-order valence-corrected chi connectivity index (χ3v) is 3.86. The molecule has 2 N–H and O–H groups in total. The molecule has 0 saturated carbocycles. The fraction of sp³-hybridized carbons (Fsp3) is 0.538. The zero-order valence-corrected chi connectivity index (χ0v) is 13.0. The number of nitrogens with one attached hydrogen (secondary N) is 1. The summed E-state index contributed by atoms with van der Waals surface area (Å²) in [5.41, 5.74) is 0.838. The van der Waals surface area contributed by atoms with E-state index in [2.05, 4.69) is 52.1 Å². The smallest absolute Gasteiger partial charge is 0.171 e. The fourth-order valence-electron chi connectivity index (χ4n) is 1.81. The molecular weight excluding hydrogens is 308 g/mol. The third kappa shape index (κ3) is 3.25. The van der Waals surface area contributed by atoms with Crippen LogP contribution in [0.1, 0.15) is 20.8 Å². The molecule has 0 bridgehead atoms. The number of fused-ring (bicyclic) bond motifs is 1. The van der Waals surface area contributed by atoms with Crippen molar-refractivity contribution < 1.29 is 5.11 Å². The average Bonchev–Trinajstić information content (AvgIpc) is 2.70. The Labute approximate surface area is 121 Å². The van der Waals surface area contributed by atoms with Gasteiger partial charge in [0.05, 0.1) is 10.7 Å².